The van der Waals surface area contributed by atoms with Crippen LogP contribution in [-0.2, 0) is 0 Å². The standard InChI is InChI=1S/C11H11ClFN/c1-6(2)9-5-7-3-4-8(12)10(13)11(7)14-9/h3-6,14H,1-2H3. The van der Waals surface area contributed by atoms with Crippen molar-refractivity contribution in [1.29, 1.82) is 0 Å². The predicted octanol–water partition coefficient (Wildman–Crippen LogP) is 4.08. The smallest absolute Gasteiger partial charge is 0.165 e. The lowest BCUT2D eigenvalue weighted by Gasteiger charge is -1.98. The van der Waals surface area contributed by atoms with Gasteiger partial charge in [0.25, 0.3) is 0 Å². The zero-order chi connectivity index (χ0) is 10.3. The second kappa shape index (κ2) is 3.28. The summed E-state index contributed by atoms with van der Waals surface area (Å²) in [4.78, 5) is 3.04. The molecule has 0 saturated carbocycles. The Labute approximate surface area is 86.9 Å². The van der Waals surface area contributed by atoms with Gasteiger partial charge in [-0.1, -0.05) is 31.5 Å². The Bertz CT molecular complexity index is 473. The Morgan fingerprint density at radius 2 is 2.07 bits per heavy atom. The highest BCUT2D eigenvalue weighted by Gasteiger charge is 2.10. The molecule has 2 aromatic rings. The number of aromatic amines is 1. The maximum Gasteiger partial charge on any atom is 0.165 e. The molecule has 74 valence electrons. The quantitative estimate of drug-likeness (QED) is 0.732. The van der Waals surface area contributed by atoms with Gasteiger partial charge in [0.2, 0.25) is 0 Å². The first-order valence-electron chi connectivity index (χ1n) is 4.56. The zero-order valence-electron chi connectivity index (χ0n) is 8.07. The molecule has 1 nitrogen and oxygen atoms in total. The Hall–Kier alpha value is -1.02. The van der Waals surface area contributed by atoms with Crippen LogP contribution in [0.1, 0.15) is 25.5 Å². The van der Waals surface area contributed by atoms with Gasteiger partial charge in [0.05, 0.1) is 10.5 Å². The van der Waals surface area contributed by atoms with E-state index in [0.29, 0.717) is 11.4 Å². The summed E-state index contributed by atoms with van der Waals surface area (Å²) < 4.78 is 13.5. The van der Waals surface area contributed by atoms with Crippen molar-refractivity contribution in [3.8, 4) is 0 Å². The van der Waals surface area contributed by atoms with Gasteiger partial charge in [-0.2, -0.15) is 0 Å². The fraction of sp³-hybridized carbons (Fsp3) is 0.273. The number of hydrogen-bond acceptors (Lipinski definition) is 0. The third kappa shape index (κ3) is 1.40. The third-order valence-corrected chi connectivity index (χ3v) is 2.62. The highest BCUT2D eigenvalue weighted by molar-refractivity contribution is 6.31. The van der Waals surface area contributed by atoms with Crippen LogP contribution in [-0.4, -0.2) is 4.98 Å². The summed E-state index contributed by atoms with van der Waals surface area (Å²) in [7, 11) is 0. The van der Waals surface area contributed by atoms with Crippen LogP contribution in [0.5, 0.6) is 0 Å². The molecule has 1 aromatic heterocycles. The molecule has 2 rings (SSSR count). The molecular weight excluding hydrogens is 201 g/mol. The molecule has 0 fully saturated rings. The van der Waals surface area contributed by atoms with Gasteiger partial charge in [-0.25, -0.2) is 4.39 Å². The van der Waals surface area contributed by atoms with Crippen LogP contribution < -0.4 is 0 Å². The SMILES string of the molecule is CC(C)c1cc2ccc(Cl)c(F)c2[nH]1. The van der Waals surface area contributed by atoms with Crippen molar-refractivity contribution < 1.29 is 4.39 Å². The van der Waals surface area contributed by atoms with Crippen LogP contribution in [0.2, 0.25) is 5.02 Å². The minimum absolute atomic E-state index is 0.162. The molecule has 0 atom stereocenters. The average molecular weight is 212 g/mol. The van der Waals surface area contributed by atoms with E-state index in [4.69, 9.17) is 11.6 Å². The molecule has 14 heavy (non-hydrogen) atoms. The normalized spacial score (nSPS) is 11.5. The summed E-state index contributed by atoms with van der Waals surface area (Å²) in [5, 5.41) is 1.03. The van der Waals surface area contributed by atoms with Gasteiger partial charge < -0.3 is 4.98 Å². The van der Waals surface area contributed by atoms with Gasteiger partial charge in [-0.05, 0) is 18.1 Å². The van der Waals surface area contributed by atoms with Gasteiger partial charge in [0, 0.05) is 11.1 Å². The fourth-order valence-electron chi connectivity index (χ4n) is 1.47. The van der Waals surface area contributed by atoms with E-state index < -0.39 is 0 Å². The first kappa shape index (κ1) is 9.53. The molecule has 0 saturated heterocycles. The molecule has 0 amide bonds. The Kier molecular flexibility index (Phi) is 2.23. The highest BCUT2D eigenvalue weighted by atomic mass is 35.5. The number of nitrogens with one attached hydrogen (secondary N) is 1. The number of rotatable bonds is 1. The zero-order valence-corrected chi connectivity index (χ0v) is 8.82. The molecule has 0 aliphatic rings. The molecule has 0 spiro atoms. The van der Waals surface area contributed by atoms with E-state index in [1.807, 2.05) is 12.1 Å². The van der Waals surface area contributed by atoms with E-state index in [1.54, 1.807) is 6.07 Å². The van der Waals surface area contributed by atoms with Gasteiger partial charge in [0.1, 0.15) is 0 Å². The maximum atomic E-state index is 13.5. The van der Waals surface area contributed by atoms with Gasteiger partial charge in [-0.15, -0.1) is 0 Å². The molecule has 1 N–H and O–H groups in total. The molecule has 0 radical (unpaired) electrons. The minimum atomic E-state index is -0.365. The van der Waals surface area contributed by atoms with Crippen molar-refractivity contribution >= 4 is 22.5 Å². The fourth-order valence-corrected chi connectivity index (χ4v) is 1.63. The summed E-state index contributed by atoms with van der Waals surface area (Å²) in [5.41, 5.74) is 1.53. The molecule has 3 heteroatoms. The summed E-state index contributed by atoms with van der Waals surface area (Å²) >= 11 is 5.68. The van der Waals surface area contributed by atoms with Gasteiger partial charge in [-0.3, -0.25) is 0 Å². The molecule has 0 unspecified atom stereocenters. The van der Waals surface area contributed by atoms with Gasteiger partial charge in [0.15, 0.2) is 5.82 Å². The summed E-state index contributed by atoms with van der Waals surface area (Å²) in [6, 6.07) is 5.36. The largest absolute Gasteiger partial charge is 0.356 e. The van der Waals surface area contributed by atoms with Crippen LogP contribution in [0.25, 0.3) is 10.9 Å². The van der Waals surface area contributed by atoms with Crippen molar-refractivity contribution in [2.45, 2.75) is 19.8 Å². The second-order valence-corrected chi connectivity index (χ2v) is 4.11. The lowest BCUT2D eigenvalue weighted by Crippen LogP contribution is -1.86. The third-order valence-electron chi connectivity index (χ3n) is 2.33. The summed E-state index contributed by atoms with van der Waals surface area (Å²) in [6.07, 6.45) is 0. The molecular formula is C11H11ClFN. The molecule has 1 aromatic carbocycles. The highest BCUT2D eigenvalue weighted by Crippen LogP contribution is 2.27. The van der Waals surface area contributed by atoms with E-state index >= 15 is 0 Å². The van der Waals surface area contributed by atoms with Crippen LogP contribution >= 0.6 is 11.6 Å². The lowest BCUT2D eigenvalue weighted by atomic mass is 10.1. The van der Waals surface area contributed by atoms with Crippen LogP contribution in [0, 0.1) is 5.82 Å². The molecule has 0 aliphatic heterocycles. The van der Waals surface area contributed by atoms with Crippen LogP contribution in [0.15, 0.2) is 18.2 Å². The summed E-state index contributed by atoms with van der Waals surface area (Å²) in [6.45, 7) is 4.12. The van der Waals surface area contributed by atoms with Crippen molar-refractivity contribution in [3.05, 3.63) is 34.7 Å². The molecule has 0 bridgehead atoms. The minimum Gasteiger partial charge on any atom is -0.356 e. The topological polar surface area (TPSA) is 15.8 Å². The van der Waals surface area contributed by atoms with E-state index in [2.05, 4.69) is 18.8 Å². The number of aromatic nitrogens is 1. The molecule has 1 heterocycles. The van der Waals surface area contributed by atoms with E-state index in [9.17, 15) is 4.39 Å². The second-order valence-electron chi connectivity index (χ2n) is 3.70. The maximum absolute atomic E-state index is 13.5. The number of hydrogen-bond donors (Lipinski definition) is 1. The number of fused-ring (bicyclic) bond motifs is 1. The number of H-pyrrole nitrogens is 1. The van der Waals surface area contributed by atoms with E-state index in [1.165, 1.54) is 0 Å². The molecule has 0 aliphatic carbocycles. The Morgan fingerprint density at radius 3 is 2.71 bits per heavy atom. The van der Waals surface area contributed by atoms with Crippen molar-refractivity contribution in [2.75, 3.05) is 0 Å². The van der Waals surface area contributed by atoms with Gasteiger partial charge >= 0.3 is 0 Å². The Balaban J connectivity index is 2.71. The Morgan fingerprint density at radius 1 is 1.36 bits per heavy atom. The average Bonchev–Trinajstić information content (AvgIpc) is 2.56. The van der Waals surface area contributed by atoms with Crippen molar-refractivity contribution in [3.63, 3.8) is 0 Å². The van der Waals surface area contributed by atoms with Crippen molar-refractivity contribution in [1.82, 2.24) is 4.98 Å². The summed E-state index contributed by atoms with van der Waals surface area (Å²) in [5.74, 6) is -0.00311. The first-order chi connectivity index (χ1) is 6.59. The van der Waals surface area contributed by atoms with E-state index in [-0.39, 0.29) is 10.8 Å². The lowest BCUT2D eigenvalue weighted by molar-refractivity contribution is 0.637. The van der Waals surface area contributed by atoms with Crippen molar-refractivity contribution in [2.24, 2.45) is 0 Å². The predicted molar refractivity (Wildman–Crippen MR) is 57.4 cm³/mol. The van der Waals surface area contributed by atoms with Crippen LogP contribution in [0.4, 0.5) is 4.39 Å². The van der Waals surface area contributed by atoms with E-state index in [0.717, 1.165) is 11.1 Å². The number of benzene rings is 1. The first-order valence-corrected chi connectivity index (χ1v) is 4.94. The monoisotopic (exact) mass is 211 g/mol. The number of halogens is 2. The van der Waals surface area contributed by atoms with Crippen LogP contribution in [0.3, 0.4) is 0 Å².